The fourth-order valence-electron chi connectivity index (χ4n) is 3.12. The Bertz CT molecular complexity index is 1120. The Kier molecular flexibility index (Phi) is 5.89. The number of carbonyl (C=O) groups excluding carboxylic acids is 2. The summed E-state index contributed by atoms with van der Waals surface area (Å²) in [5, 5.41) is 18.1. The van der Waals surface area contributed by atoms with Gasteiger partial charge in [0, 0.05) is 11.8 Å². The molecule has 2 aromatic carbocycles. The number of benzene rings is 2. The highest BCUT2D eigenvalue weighted by Gasteiger charge is 2.36. The van der Waals surface area contributed by atoms with Crippen LogP contribution in [0.15, 0.2) is 53.7 Å². The number of halogens is 4. The number of anilines is 1. The first-order valence-corrected chi connectivity index (χ1v) is 9.06. The molecule has 3 N–H and O–H groups in total. The lowest BCUT2D eigenvalue weighted by Gasteiger charge is -2.29. The van der Waals surface area contributed by atoms with Crippen LogP contribution in [-0.2, 0) is 11.0 Å². The van der Waals surface area contributed by atoms with Gasteiger partial charge < -0.3 is 16.0 Å². The third kappa shape index (κ3) is 4.61. The molecule has 0 saturated carbocycles. The minimum Gasteiger partial charge on any atom is -0.327 e. The van der Waals surface area contributed by atoms with Crippen LogP contribution in [-0.4, -0.2) is 16.9 Å². The molecule has 0 spiro atoms. The van der Waals surface area contributed by atoms with Crippen molar-refractivity contribution in [3.05, 3.63) is 80.0 Å². The summed E-state index contributed by atoms with van der Waals surface area (Å²) < 4.78 is 39.8. The second-order valence-electron chi connectivity index (χ2n) is 6.54. The van der Waals surface area contributed by atoms with E-state index in [1.54, 1.807) is 0 Å². The summed E-state index contributed by atoms with van der Waals surface area (Å²) in [4.78, 5) is 35.4. The molecule has 162 valence electrons. The lowest BCUT2D eigenvalue weighted by molar-refractivity contribution is -0.384. The van der Waals surface area contributed by atoms with E-state index in [2.05, 4.69) is 16.0 Å². The van der Waals surface area contributed by atoms with Crippen LogP contribution in [0.5, 0.6) is 0 Å². The summed E-state index contributed by atoms with van der Waals surface area (Å²) in [7, 11) is 0. The van der Waals surface area contributed by atoms with E-state index in [9.17, 15) is 32.9 Å². The number of nitrogens with one attached hydrogen (secondary N) is 3. The van der Waals surface area contributed by atoms with E-state index in [-0.39, 0.29) is 21.9 Å². The van der Waals surface area contributed by atoms with Crippen LogP contribution in [0.1, 0.15) is 24.1 Å². The van der Waals surface area contributed by atoms with Crippen LogP contribution < -0.4 is 16.0 Å². The number of nitro benzene ring substituents is 1. The number of hydrogen-bond acceptors (Lipinski definition) is 4. The maximum Gasteiger partial charge on any atom is 0.418 e. The first-order chi connectivity index (χ1) is 14.5. The second-order valence-corrected chi connectivity index (χ2v) is 6.94. The van der Waals surface area contributed by atoms with E-state index < -0.39 is 46.0 Å². The third-order valence-electron chi connectivity index (χ3n) is 4.49. The van der Waals surface area contributed by atoms with Crippen LogP contribution in [0.3, 0.4) is 0 Å². The van der Waals surface area contributed by atoms with E-state index in [1.807, 2.05) is 0 Å². The van der Waals surface area contributed by atoms with Gasteiger partial charge >= 0.3 is 12.2 Å². The highest BCUT2D eigenvalue weighted by molar-refractivity contribution is 6.32. The molecule has 0 aliphatic carbocycles. The minimum atomic E-state index is -4.71. The van der Waals surface area contributed by atoms with E-state index in [4.69, 9.17) is 11.6 Å². The number of amides is 3. The lowest BCUT2D eigenvalue weighted by Crippen LogP contribution is -2.46. The first-order valence-electron chi connectivity index (χ1n) is 8.68. The van der Waals surface area contributed by atoms with Crippen molar-refractivity contribution in [1.82, 2.24) is 10.6 Å². The number of hydrogen-bond donors (Lipinski definition) is 3. The molecule has 1 aliphatic rings. The molecule has 31 heavy (non-hydrogen) atoms. The van der Waals surface area contributed by atoms with Gasteiger partial charge in [-0.25, -0.2) is 4.79 Å². The predicted octanol–water partition coefficient (Wildman–Crippen LogP) is 4.53. The van der Waals surface area contributed by atoms with Crippen LogP contribution in [0.2, 0.25) is 5.02 Å². The largest absolute Gasteiger partial charge is 0.418 e. The molecular formula is C19H14ClF3N4O4. The Balaban J connectivity index is 2.03. The molecule has 0 fully saturated rings. The van der Waals surface area contributed by atoms with Crippen LogP contribution >= 0.6 is 11.6 Å². The summed E-state index contributed by atoms with van der Waals surface area (Å²) in [6.07, 6.45) is -4.71. The molecule has 8 nitrogen and oxygen atoms in total. The van der Waals surface area contributed by atoms with Crippen molar-refractivity contribution in [2.24, 2.45) is 0 Å². The van der Waals surface area contributed by atoms with Gasteiger partial charge in [0.2, 0.25) is 0 Å². The van der Waals surface area contributed by atoms with Gasteiger partial charge in [-0.15, -0.1) is 0 Å². The SMILES string of the molecule is CC1=C(C(=O)Nc2ccccc2C(F)(F)F)C(c2ccc(Cl)c([N+](=O)[O-])c2)NC(=O)N1. The van der Waals surface area contributed by atoms with Crippen LogP contribution in [0.4, 0.5) is 29.3 Å². The molecule has 1 atom stereocenters. The Labute approximate surface area is 178 Å². The van der Waals surface area contributed by atoms with Gasteiger partial charge in [0.15, 0.2) is 0 Å². The number of allylic oxidation sites excluding steroid dienone is 1. The fraction of sp³-hybridized carbons (Fsp3) is 0.158. The number of alkyl halides is 3. The first kappa shape index (κ1) is 22.1. The van der Waals surface area contributed by atoms with Gasteiger partial charge in [-0.05, 0) is 30.7 Å². The van der Waals surface area contributed by atoms with Gasteiger partial charge in [-0.1, -0.05) is 29.8 Å². The summed E-state index contributed by atoms with van der Waals surface area (Å²) in [5.41, 5.74) is -1.86. The highest BCUT2D eigenvalue weighted by atomic mass is 35.5. The maximum atomic E-state index is 13.3. The van der Waals surface area contributed by atoms with Gasteiger partial charge in [0.05, 0.1) is 27.8 Å². The van der Waals surface area contributed by atoms with Crippen molar-refractivity contribution in [3.8, 4) is 0 Å². The van der Waals surface area contributed by atoms with Gasteiger partial charge in [0.1, 0.15) is 5.02 Å². The lowest BCUT2D eigenvalue weighted by atomic mass is 9.94. The molecule has 1 heterocycles. The summed E-state index contributed by atoms with van der Waals surface area (Å²) in [6.45, 7) is 1.39. The van der Waals surface area contributed by atoms with E-state index >= 15 is 0 Å². The summed E-state index contributed by atoms with van der Waals surface area (Å²) >= 11 is 5.81. The van der Waals surface area contributed by atoms with Crippen LogP contribution in [0, 0.1) is 10.1 Å². The Morgan fingerprint density at radius 3 is 2.55 bits per heavy atom. The maximum absolute atomic E-state index is 13.3. The molecule has 0 radical (unpaired) electrons. The van der Waals surface area contributed by atoms with Crippen molar-refractivity contribution in [2.45, 2.75) is 19.1 Å². The molecule has 1 aliphatic heterocycles. The van der Waals surface area contributed by atoms with Crippen LogP contribution in [0.25, 0.3) is 0 Å². The number of urea groups is 1. The number of carbonyl (C=O) groups is 2. The number of nitro groups is 1. The zero-order valence-electron chi connectivity index (χ0n) is 15.7. The average Bonchev–Trinajstić information content (AvgIpc) is 2.67. The van der Waals surface area contributed by atoms with Crippen molar-refractivity contribution in [1.29, 1.82) is 0 Å². The Morgan fingerprint density at radius 2 is 1.90 bits per heavy atom. The zero-order valence-corrected chi connectivity index (χ0v) is 16.5. The smallest absolute Gasteiger partial charge is 0.327 e. The topological polar surface area (TPSA) is 113 Å². The molecule has 0 aromatic heterocycles. The van der Waals surface area contributed by atoms with Crippen molar-refractivity contribution in [2.75, 3.05) is 5.32 Å². The van der Waals surface area contributed by atoms with E-state index in [1.165, 1.54) is 31.2 Å². The van der Waals surface area contributed by atoms with E-state index in [0.717, 1.165) is 18.2 Å². The van der Waals surface area contributed by atoms with E-state index in [0.29, 0.717) is 0 Å². The average molecular weight is 455 g/mol. The molecule has 3 rings (SSSR count). The molecule has 3 amide bonds. The van der Waals surface area contributed by atoms with Crippen molar-refractivity contribution in [3.63, 3.8) is 0 Å². The Hall–Kier alpha value is -3.60. The Morgan fingerprint density at radius 1 is 1.23 bits per heavy atom. The van der Waals surface area contributed by atoms with Crippen molar-refractivity contribution < 1.29 is 27.7 Å². The van der Waals surface area contributed by atoms with Crippen molar-refractivity contribution >= 4 is 34.9 Å². The summed E-state index contributed by atoms with van der Waals surface area (Å²) in [5.74, 6) is -0.927. The zero-order chi connectivity index (χ0) is 22.9. The quantitative estimate of drug-likeness (QED) is 0.465. The number of para-hydroxylation sites is 1. The molecule has 12 heteroatoms. The fourth-order valence-corrected chi connectivity index (χ4v) is 3.31. The standard InChI is InChI=1S/C19H14ClF3N4O4/c1-9-15(17(28)25-13-5-3-2-4-11(13)19(21,22)23)16(26-18(29)24-9)10-6-7-12(20)14(8-10)27(30)31/h2-8,16H,1H3,(H,25,28)(H2,24,26,29). The third-order valence-corrected chi connectivity index (χ3v) is 4.81. The number of nitrogens with zero attached hydrogens (tertiary/aromatic N) is 1. The molecule has 0 saturated heterocycles. The second kappa shape index (κ2) is 8.26. The molecule has 1 unspecified atom stereocenters. The van der Waals surface area contributed by atoms with Gasteiger partial charge in [-0.3, -0.25) is 14.9 Å². The predicted molar refractivity (Wildman–Crippen MR) is 105 cm³/mol. The van der Waals surface area contributed by atoms with Gasteiger partial charge in [0.25, 0.3) is 11.6 Å². The summed E-state index contributed by atoms with van der Waals surface area (Å²) in [6, 6.07) is 6.25. The molecular weight excluding hydrogens is 441 g/mol. The highest BCUT2D eigenvalue weighted by Crippen LogP contribution is 2.36. The minimum absolute atomic E-state index is 0.0772. The normalized spacial score (nSPS) is 16.4. The number of rotatable bonds is 4. The van der Waals surface area contributed by atoms with Gasteiger partial charge in [-0.2, -0.15) is 13.2 Å². The molecule has 2 aromatic rings. The monoisotopic (exact) mass is 454 g/mol. The molecule has 0 bridgehead atoms.